The van der Waals surface area contributed by atoms with Gasteiger partial charge in [0.05, 0.1) is 0 Å². The second-order valence-corrected chi connectivity index (χ2v) is 11.4. The fraction of sp³-hybridized carbons (Fsp3) is 0.619. The molecular formula is C21H28FN3O4S. The minimum atomic E-state index is -4.22. The first-order chi connectivity index (χ1) is 13.9. The SMILES string of the molecule is CC(C)(NS(=O)(=O)c1ccccc1F)C(=O)NC1C2CC3CC1CC(C(N)=O)(C3)C2. The van der Waals surface area contributed by atoms with Gasteiger partial charge in [0.25, 0.3) is 0 Å². The number of primary amides is 1. The monoisotopic (exact) mass is 437 g/mol. The highest BCUT2D eigenvalue weighted by Gasteiger charge is 2.58. The van der Waals surface area contributed by atoms with E-state index in [2.05, 4.69) is 10.0 Å². The number of rotatable bonds is 6. The highest BCUT2D eigenvalue weighted by atomic mass is 32.2. The molecule has 4 bridgehead atoms. The first-order valence-electron chi connectivity index (χ1n) is 10.3. The predicted octanol–water partition coefficient (Wildman–Crippen LogP) is 1.68. The molecule has 0 spiro atoms. The summed E-state index contributed by atoms with van der Waals surface area (Å²) in [5.74, 6) is -0.814. The number of hydrogen-bond donors (Lipinski definition) is 3. The number of halogens is 1. The van der Waals surface area contributed by atoms with Crippen LogP contribution in [0.15, 0.2) is 29.2 Å². The lowest BCUT2D eigenvalue weighted by molar-refractivity contribution is -0.148. The van der Waals surface area contributed by atoms with Crippen LogP contribution in [0.2, 0.25) is 0 Å². The number of nitrogens with two attached hydrogens (primary N) is 1. The summed E-state index contributed by atoms with van der Waals surface area (Å²) in [4.78, 5) is 24.6. The lowest BCUT2D eigenvalue weighted by Gasteiger charge is -2.59. The van der Waals surface area contributed by atoms with Crippen molar-refractivity contribution in [1.29, 1.82) is 0 Å². The Labute approximate surface area is 176 Å². The lowest BCUT2D eigenvalue weighted by Crippen LogP contribution is -2.65. The van der Waals surface area contributed by atoms with E-state index in [4.69, 9.17) is 5.73 Å². The van der Waals surface area contributed by atoms with Crippen LogP contribution in [0, 0.1) is 29.0 Å². The van der Waals surface area contributed by atoms with Crippen LogP contribution in [-0.4, -0.2) is 31.8 Å². The minimum absolute atomic E-state index is 0.112. The molecule has 4 aliphatic carbocycles. The van der Waals surface area contributed by atoms with Gasteiger partial charge in [0.2, 0.25) is 21.8 Å². The minimum Gasteiger partial charge on any atom is -0.369 e. The molecule has 4 fully saturated rings. The maximum Gasteiger partial charge on any atom is 0.244 e. The summed E-state index contributed by atoms with van der Waals surface area (Å²) < 4.78 is 41.6. The molecule has 1 aromatic carbocycles. The van der Waals surface area contributed by atoms with E-state index in [1.54, 1.807) is 0 Å². The normalized spacial score (nSPS) is 32.8. The highest BCUT2D eigenvalue weighted by molar-refractivity contribution is 7.89. The molecule has 1 aromatic rings. The number of sulfonamides is 1. The number of carbonyl (C=O) groups excluding carboxylic acids is 2. The fourth-order valence-corrected chi connectivity index (χ4v) is 7.45. The van der Waals surface area contributed by atoms with Crippen LogP contribution in [0.25, 0.3) is 0 Å². The van der Waals surface area contributed by atoms with Gasteiger partial charge in [-0.3, -0.25) is 9.59 Å². The van der Waals surface area contributed by atoms with Crippen LogP contribution in [0.1, 0.15) is 46.0 Å². The van der Waals surface area contributed by atoms with Crippen molar-refractivity contribution in [3.05, 3.63) is 30.1 Å². The summed E-state index contributed by atoms with van der Waals surface area (Å²) in [5.41, 5.74) is 3.78. The van der Waals surface area contributed by atoms with E-state index in [0.29, 0.717) is 18.8 Å². The Hall–Kier alpha value is -2.00. The molecule has 164 valence electrons. The third kappa shape index (κ3) is 3.51. The first-order valence-corrected chi connectivity index (χ1v) is 11.8. The number of benzene rings is 1. The average molecular weight is 438 g/mol. The summed E-state index contributed by atoms with van der Waals surface area (Å²) in [7, 11) is -4.22. The Morgan fingerprint density at radius 1 is 1.13 bits per heavy atom. The van der Waals surface area contributed by atoms with Crippen molar-refractivity contribution < 1.29 is 22.4 Å². The van der Waals surface area contributed by atoms with Gasteiger partial charge in [0.15, 0.2) is 0 Å². The third-order valence-electron chi connectivity index (χ3n) is 7.18. The summed E-state index contributed by atoms with van der Waals surface area (Å²) in [6.07, 6.45) is 4.06. The Morgan fingerprint density at radius 2 is 1.73 bits per heavy atom. The van der Waals surface area contributed by atoms with Crippen molar-refractivity contribution in [2.75, 3.05) is 0 Å². The number of carbonyl (C=O) groups is 2. The van der Waals surface area contributed by atoms with E-state index in [1.807, 2.05) is 0 Å². The van der Waals surface area contributed by atoms with Crippen LogP contribution in [-0.2, 0) is 19.6 Å². The summed E-state index contributed by atoms with van der Waals surface area (Å²) in [6.45, 7) is 2.92. The zero-order valence-corrected chi connectivity index (χ0v) is 18.0. The van der Waals surface area contributed by atoms with Crippen molar-refractivity contribution in [2.24, 2.45) is 28.9 Å². The van der Waals surface area contributed by atoms with Gasteiger partial charge in [-0.1, -0.05) is 12.1 Å². The Morgan fingerprint density at radius 3 is 2.30 bits per heavy atom. The molecule has 5 rings (SSSR count). The van der Waals surface area contributed by atoms with Gasteiger partial charge in [-0.05, 0) is 75.8 Å². The molecule has 0 aromatic heterocycles. The van der Waals surface area contributed by atoms with Crippen molar-refractivity contribution in [3.63, 3.8) is 0 Å². The first kappa shape index (κ1) is 21.2. The molecule has 2 atom stereocenters. The van der Waals surface area contributed by atoms with Gasteiger partial charge in [-0.2, -0.15) is 4.72 Å². The van der Waals surface area contributed by atoms with Gasteiger partial charge in [0.1, 0.15) is 16.3 Å². The van der Waals surface area contributed by atoms with Gasteiger partial charge in [-0.25, -0.2) is 12.8 Å². The largest absolute Gasteiger partial charge is 0.369 e. The topological polar surface area (TPSA) is 118 Å². The van der Waals surface area contributed by atoms with Crippen LogP contribution >= 0.6 is 0 Å². The van der Waals surface area contributed by atoms with Gasteiger partial charge in [0, 0.05) is 11.5 Å². The highest BCUT2D eigenvalue weighted by Crippen LogP contribution is 2.59. The Kier molecular flexibility index (Phi) is 4.97. The molecule has 9 heteroatoms. The molecule has 2 unspecified atom stereocenters. The standard InChI is InChI=1S/C21H28FN3O4S/c1-20(2,25-30(28,29)16-6-4-3-5-15(16)22)19(27)24-17-13-7-12-8-14(17)11-21(9-12,10-13)18(23)26/h3-6,12-14,17,25H,7-11H2,1-2H3,(H2,23,26)(H,24,27). The molecule has 0 saturated heterocycles. The lowest BCUT2D eigenvalue weighted by atomic mass is 9.47. The quantitative estimate of drug-likeness (QED) is 0.627. The maximum absolute atomic E-state index is 14.0. The molecule has 0 aliphatic heterocycles. The smallest absolute Gasteiger partial charge is 0.244 e. The van der Waals surface area contributed by atoms with Gasteiger partial charge >= 0.3 is 0 Å². The molecule has 0 radical (unpaired) electrons. The molecule has 4 aliphatic rings. The zero-order chi connectivity index (χ0) is 21.9. The predicted molar refractivity (Wildman–Crippen MR) is 108 cm³/mol. The van der Waals surface area contributed by atoms with E-state index in [9.17, 15) is 22.4 Å². The van der Waals surface area contributed by atoms with Crippen molar-refractivity contribution in [2.45, 2.75) is 62.4 Å². The molecular weight excluding hydrogens is 409 g/mol. The van der Waals surface area contributed by atoms with E-state index >= 15 is 0 Å². The average Bonchev–Trinajstić information content (AvgIpc) is 2.63. The van der Waals surface area contributed by atoms with Crippen molar-refractivity contribution >= 4 is 21.8 Å². The number of nitrogens with one attached hydrogen (secondary N) is 2. The van der Waals surface area contributed by atoms with Crippen LogP contribution < -0.4 is 15.8 Å². The molecule has 2 amide bonds. The van der Waals surface area contributed by atoms with E-state index in [0.717, 1.165) is 31.4 Å². The number of hydrogen-bond acceptors (Lipinski definition) is 4. The molecule has 30 heavy (non-hydrogen) atoms. The number of amides is 2. The van der Waals surface area contributed by atoms with Crippen LogP contribution in [0.5, 0.6) is 0 Å². The maximum atomic E-state index is 14.0. The van der Waals surface area contributed by atoms with Crippen LogP contribution in [0.3, 0.4) is 0 Å². The summed E-state index contributed by atoms with van der Waals surface area (Å²) >= 11 is 0. The van der Waals surface area contributed by atoms with Crippen LogP contribution in [0.4, 0.5) is 4.39 Å². The van der Waals surface area contributed by atoms with E-state index in [-0.39, 0.29) is 23.8 Å². The van der Waals surface area contributed by atoms with Crippen molar-refractivity contribution in [3.8, 4) is 0 Å². The zero-order valence-electron chi connectivity index (χ0n) is 17.2. The summed E-state index contributed by atoms with van der Waals surface area (Å²) in [6, 6.07) is 4.93. The van der Waals surface area contributed by atoms with E-state index in [1.165, 1.54) is 26.0 Å². The van der Waals surface area contributed by atoms with E-state index < -0.39 is 37.6 Å². The van der Waals surface area contributed by atoms with Gasteiger partial charge < -0.3 is 11.1 Å². The second kappa shape index (κ2) is 7.02. The molecule has 7 nitrogen and oxygen atoms in total. The van der Waals surface area contributed by atoms with Crippen molar-refractivity contribution in [1.82, 2.24) is 10.0 Å². The Bertz CT molecular complexity index is 978. The Balaban J connectivity index is 1.49. The molecule has 4 saturated carbocycles. The fourth-order valence-electron chi connectivity index (χ4n) is 5.99. The molecule has 0 heterocycles. The molecule has 4 N–H and O–H groups in total. The summed E-state index contributed by atoms with van der Waals surface area (Å²) in [5, 5.41) is 3.04. The second-order valence-electron chi connectivity index (χ2n) is 9.77. The van der Waals surface area contributed by atoms with Gasteiger partial charge in [-0.15, -0.1) is 0 Å². The third-order valence-corrected chi connectivity index (χ3v) is 8.87.